The number of ketones is 1. The molecule has 1 amide bonds. The number of oxime groups is 1. The van der Waals surface area contributed by atoms with Crippen molar-refractivity contribution in [1.82, 2.24) is 5.32 Å². The van der Waals surface area contributed by atoms with E-state index in [9.17, 15) is 49.5 Å². The number of hydrogen-bond acceptors (Lipinski definition) is 14. The normalized spacial score (nSPS) is 20.8. The van der Waals surface area contributed by atoms with Crippen LogP contribution in [0.15, 0.2) is 46.7 Å². The molecule has 17 nitrogen and oxygen atoms in total. The number of nitrogens with zero attached hydrogens (tertiary/aromatic N) is 1. The van der Waals surface area contributed by atoms with Crippen molar-refractivity contribution >= 4 is 43.1 Å². The number of carbonyl (C=O) groups excluding carboxylic acids is 3. The quantitative estimate of drug-likeness (QED) is 0.0287. The van der Waals surface area contributed by atoms with Crippen LogP contribution in [0.5, 0.6) is 5.75 Å². The van der Waals surface area contributed by atoms with Crippen LogP contribution < -0.4 is 10.1 Å². The molecular weight excluding hydrogens is 759 g/mol. The minimum atomic E-state index is -2.02. The Bertz CT molecular complexity index is 1650. The largest absolute Gasteiger partial charge is 0.481 e. The van der Waals surface area contributed by atoms with Crippen LogP contribution in [0.3, 0.4) is 0 Å². The molecule has 0 aromatic heterocycles. The summed E-state index contributed by atoms with van der Waals surface area (Å²) in [6.45, 7) is 12.4. The molecule has 1 aromatic carbocycles. The van der Waals surface area contributed by atoms with E-state index in [0.717, 1.165) is 49.9 Å². The number of benzene rings is 1. The number of carboxylic acids is 2. The van der Waals surface area contributed by atoms with Gasteiger partial charge in [0, 0.05) is 6.42 Å². The lowest BCUT2D eigenvalue weighted by Gasteiger charge is -2.38. The van der Waals surface area contributed by atoms with E-state index in [1.165, 1.54) is 17.2 Å². The van der Waals surface area contributed by atoms with E-state index in [1.807, 2.05) is 6.92 Å². The molecule has 2 radical (unpaired) electrons. The summed E-state index contributed by atoms with van der Waals surface area (Å²) in [5, 5.41) is 55.9. The summed E-state index contributed by atoms with van der Waals surface area (Å²) >= 11 is 0. The molecule has 0 unspecified atom stereocenters. The van der Waals surface area contributed by atoms with E-state index >= 15 is 0 Å². The Labute approximate surface area is 339 Å². The second-order valence-electron chi connectivity index (χ2n) is 15.3. The minimum Gasteiger partial charge on any atom is -0.481 e. The van der Waals surface area contributed by atoms with Crippen molar-refractivity contribution < 1.29 is 73.3 Å². The van der Waals surface area contributed by atoms with Gasteiger partial charge in [-0.2, -0.15) is 0 Å². The average Bonchev–Trinajstić information content (AvgIpc) is 3.14. The molecule has 1 aliphatic rings. The van der Waals surface area contributed by atoms with Gasteiger partial charge in [-0.3, -0.25) is 19.2 Å². The second-order valence-corrected chi connectivity index (χ2v) is 15.3. The van der Waals surface area contributed by atoms with Crippen LogP contribution in [0.25, 0.3) is 0 Å². The Balaban J connectivity index is 1.96. The molecule has 1 aromatic rings. The molecule has 1 heterocycles. The van der Waals surface area contributed by atoms with Gasteiger partial charge in [0.25, 0.3) is 5.91 Å². The van der Waals surface area contributed by atoms with Gasteiger partial charge in [-0.1, -0.05) is 55.3 Å². The fourth-order valence-electron chi connectivity index (χ4n) is 5.39. The molecule has 58 heavy (non-hydrogen) atoms. The molecule has 1 aliphatic heterocycles. The molecule has 6 N–H and O–H groups in total. The lowest BCUT2D eigenvalue weighted by Crippen LogP contribution is -2.61. The highest BCUT2D eigenvalue weighted by atomic mass is 16.7. The fraction of sp³-hybridized carbons (Fsp3) is 0.600. The zero-order valence-corrected chi connectivity index (χ0v) is 34.0. The summed E-state index contributed by atoms with van der Waals surface area (Å²) in [5.74, 6) is -6.33. The molecule has 0 saturated carbocycles. The maximum atomic E-state index is 13.6. The van der Waals surface area contributed by atoms with Gasteiger partial charge in [0.1, 0.15) is 37.3 Å². The van der Waals surface area contributed by atoms with Crippen LogP contribution in [-0.4, -0.2) is 125 Å². The van der Waals surface area contributed by atoms with E-state index in [0.29, 0.717) is 0 Å². The molecule has 0 spiro atoms. The predicted octanol–water partition coefficient (Wildman–Crippen LogP) is 3.59. The molecule has 2 rings (SSSR count). The number of nitrogens with one attached hydrogen (secondary N) is 1. The van der Waals surface area contributed by atoms with E-state index in [2.05, 4.69) is 57.2 Å². The summed E-state index contributed by atoms with van der Waals surface area (Å²) in [7, 11) is 5.03. The summed E-state index contributed by atoms with van der Waals surface area (Å²) < 4.78 is 20.9. The van der Waals surface area contributed by atoms with Crippen LogP contribution in [-0.2, 0) is 40.0 Å². The van der Waals surface area contributed by atoms with E-state index < -0.39 is 79.3 Å². The predicted molar refractivity (Wildman–Crippen MR) is 210 cm³/mol. The number of aliphatic hydroxyl groups is 3. The number of ether oxygens (including phenoxy) is 4. The van der Waals surface area contributed by atoms with Crippen LogP contribution in [0.4, 0.5) is 4.79 Å². The van der Waals surface area contributed by atoms with Crippen molar-refractivity contribution in [3.8, 4) is 5.75 Å². The molecule has 0 bridgehead atoms. The van der Waals surface area contributed by atoms with E-state index in [1.54, 1.807) is 0 Å². The first-order valence-electron chi connectivity index (χ1n) is 18.9. The smallest absolute Gasteiger partial charge is 0.335 e. The molecule has 6 atom stereocenters. The number of rotatable bonds is 24. The first-order valence-corrected chi connectivity index (χ1v) is 18.9. The molecule has 320 valence electrons. The molecular formula is C40H57BN2O15. The summed E-state index contributed by atoms with van der Waals surface area (Å²) in [5.41, 5.74) is 3.54. The number of allylic oxidation sites excluding steroid dienone is 4. The first-order chi connectivity index (χ1) is 27.2. The van der Waals surface area contributed by atoms with E-state index in [-0.39, 0.29) is 48.5 Å². The summed E-state index contributed by atoms with van der Waals surface area (Å²) in [6, 6.07) is 2.06. The number of Topliss-reactive ketones (excluding diaryl/α,β-unsaturated/α-hetero) is 1. The topological polar surface area (TPSA) is 257 Å². The highest BCUT2D eigenvalue weighted by molar-refractivity contribution is 6.55. The zero-order chi connectivity index (χ0) is 43.6. The summed E-state index contributed by atoms with van der Waals surface area (Å²) in [6.07, 6.45) is -1.85. The van der Waals surface area contributed by atoms with Crippen molar-refractivity contribution in [3.63, 3.8) is 0 Å². The average molecular weight is 817 g/mol. The fourth-order valence-corrected chi connectivity index (χ4v) is 5.39. The molecule has 0 aliphatic carbocycles. The lowest BCUT2D eigenvalue weighted by molar-refractivity contribution is -0.271. The maximum absolute atomic E-state index is 13.6. The van der Waals surface area contributed by atoms with Gasteiger partial charge in [0.15, 0.2) is 11.9 Å². The van der Waals surface area contributed by atoms with Crippen molar-refractivity contribution in [2.75, 3.05) is 19.8 Å². The Kier molecular flexibility index (Phi) is 20.8. The van der Waals surface area contributed by atoms with Crippen LogP contribution in [0.1, 0.15) is 102 Å². The van der Waals surface area contributed by atoms with Gasteiger partial charge in [-0.15, -0.1) is 0 Å². The monoisotopic (exact) mass is 816 g/mol. The Morgan fingerprint density at radius 3 is 2.24 bits per heavy atom. The SMILES string of the molecule is [B]C(=O)OCc1ccc(O[C@@H]2O[C@H](C(=O)O)[C@@H](O)[C@H](O)[C@H]2O)c(C(=O)N[C@@H](CC(=O)O)C(=O)CCOCCO/N=C(\C)CC/C(C)=C/CC/C(C)=C/CC(C)(C)C)c1. The van der Waals surface area contributed by atoms with Crippen molar-refractivity contribution in [2.24, 2.45) is 10.6 Å². The minimum absolute atomic E-state index is 0.0748. The van der Waals surface area contributed by atoms with E-state index in [4.69, 9.17) is 31.6 Å². The van der Waals surface area contributed by atoms with Gasteiger partial charge in [0.05, 0.1) is 37.0 Å². The first kappa shape index (κ1) is 49.5. The molecule has 18 heteroatoms. The van der Waals surface area contributed by atoms with Gasteiger partial charge >= 0.3 is 11.9 Å². The number of carboxylic acid groups (broad SMARTS) is 2. The van der Waals surface area contributed by atoms with Crippen LogP contribution >= 0.6 is 0 Å². The number of carbonyl (C=O) groups is 5. The Morgan fingerprint density at radius 2 is 1.60 bits per heavy atom. The standard InChI is InChI=1S/C40H57BN2O15/c1-23(8-7-9-24(2)14-16-40(4,5)6)10-11-25(3)43-56-19-18-54-17-15-29(44)28(21-31(45)46)42-36(50)27-20-26(22-55-39(41)53)12-13-30(27)57-38-34(49)32(47)33(48)35(58-38)37(51)52/h8,12-14,20,28,32-35,38,47-49H,7,9-11,15-19,21-22H2,1-6H3,(H,42,50)(H,45,46)(H,51,52)/b23-8+,24-14+,43-25+/t28-,32-,33-,34+,35-,38+/m0/s1. The number of aliphatic hydroxyl groups excluding tert-OH is 3. The third kappa shape index (κ3) is 18.3. The third-order valence-corrected chi connectivity index (χ3v) is 8.81. The van der Waals surface area contributed by atoms with Gasteiger partial charge in [-0.25, -0.2) is 4.79 Å². The number of amides is 1. The maximum Gasteiger partial charge on any atom is 0.335 e. The summed E-state index contributed by atoms with van der Waals surface area (Å²) in [4.78, 5) is 66.4. The number of hydrogen-bond donors (Lipinski definition) is 6. The Hall–Kier alpha value is -4.62. The number of aliphatic carboxylic acids is 2. The van der Waals surface area contributed by atoms with Crippen LogP contribution in [0.2, 0.25) is 0 Å². The van der Waals surface area contributed by atoms with Gasteiger partial charge < -0.3 is 54.6 Å². The zero-order valence-electron chi connectivity index (χ0n) is 34.0. The van der Waals surface area contributed by atoms with Crippen molar-refractivity contribution in [1.29, 1.82) is 0 Å². The van der Waals surface area contributed by atoms with Crippen molar-refractivity contribution in [2.45, 2.75) is 130 Å². The van der Waals surface area contributed by atoms with Gasteiger partial charge in [0.2, 0.25) is 20.0 Å². The second kappa shape index (κ2) is 24.3. The Morgan fingerprint density at radius 1 is 0.914 bits per heavy atom. The van der Waals surface area contributed by atoms with Gasteiger partial charge in [-0.05, 0) is 76.0 Å². The third-order valence-electron chi connectivity index (χ3n) is 8.81. The van der Waals surface area contributed by atoms with Crippen LogP contribution in [0, 0.1) is 5.41 Å². The highest BCUT2D eigenvalue weighted by Gasteiger charge is 2.48. The highest BCUT2D eigenvalue weighted by Crippen LogP contribution is 2.28. The lowest BCUT2D eigenvalue weighted by atomic mass is 9.91. The molecule has 1 fully saturated rings. The van der Waals surface area contributed by atoms with Crippen molar-refractivity contribution in [3.05, 3.63) is 52.6 Å². The molecule has 1 saturated heterocycles.